The van der Waals surface area contributed by atoms with Crippen molar-refractivity contribution < 1.29 is 4.79 Å². The van der Waals surface area contributed by atoms with Gasteiger partial charge in [0, 0.05) is 5.02 Å². The Balaban J connectivity index is 1.93. The maximum atomic E-state index is 11.9. The number of benzene rings is 2. The first-order chi connectivity index (χ1) is 9.15. The van der Waals surface area contributed by atoms with Crippen LogP contribution in [-0.2, 0) is 11.2 Å². The maximum absolute atomic E-state index is 11.9. The van der Waals surface area contributed by atoms with Crippen molar-refractivity contribution in [3.05, 3.63) is 70.7 Å². The van der Waals surface area contributed by atoms with Crippen molar-refractivity contribution >= 4 is 17.5 Å². The minimum atomic E-state index is -0.0199. The molecule has 0 saturated heterocycles. The summed E-state index contributed by atoms with van der Waals surface area (Å²) >= 11 is 5.84. The van der Waals surface area contributed by atoms with Crippen LogP contribution in [0.5, 0.6) is 0 Å². The number of carbonyl (C=O) groups is 1. The highest BCUT2D eigenvalue weighted by atomic mass is 35.5. The molecular formula is C16H16ClNO. The SMILES string of the molecule is C[C@@H](NC(=O)Cc1ccccc1)c1ccc(Cl)cc1. The third kappa shape index (κ3) is 4.11. The Morgan fingerprint density at radius 1 is 1.11 bits per heavy atom. The van der Waals surface area contributed by atoms with Crippen LogP contribution in [0.15, 0.2) is 54.6 Å². The third-order valence-electron chi connectivity index (χ3n) is 2.96. The fraction of sp³-hybridized carbons (Fsp3) is 0.188. The van der Waals surface area contributed by atoms with Gasteiger partial charge in [-0.25, -0.2) is 0 Å². The van der Waals surface area contributed by atoms with Crippen LogP contribution in [0.3, 0.4) is 0 Å². The van der Waals surface area contributed by atoms with Gasteiger partial charge >= 0.3 is 0 Å². The van der Waals surface area contributed by atoms with Crippen molar-refractivity contribution in [1.82, 2.24) is 5.32 Å². The molecule has 0 radical (unpaired) electrons. The molecule has 0 fully saturated rings. The Bertz CT molecular complexity index is 536. The molecule has 2 rings (SSSR count). The van der Waals surface area contributed by atoms with Gasteiger partial charge in [-0.15, -0.1) is 0 Å². The second-order valence-electron chi connectivity index (χ2n) is 4.50. The third-order valence-corrected chi connectivity index (χ3v) is 3.21. The zero-order valence-electron chi connectivity index (χ0n) is 10.8. The Labute approximate surface area is 118 Å². The van der Waals surface area contributed by atoms with Gasteiger partial charge in [0.15, 0.2) is 0 Å². The number of carbonyl (C=O) groups excluding carboxylic acids is 1. The number of hydrogen-bond acceptors (Lipinski definition) is 1. The van der Waals surface area contributed by atoms with E-state index in [1.54, 1.807) is 0 Å². The number of hydrogen-bond donors (Lipinski definition) is 1. The van der Waals surface area contributed by atoms with Crippen molar-refractivity contribution in [1.29, 1.82) is 0 Å². The molecule has 0 aromatic heterocycles. The first-order valence-electron chi connectivity index (χ1n) is 6.24. The molecule has 2 nitrogen and oxygen atoms in total. The molecule has 0 aliphatic rings. The van der Waals surface area contributed by atoms with Crippen LogP contribution in [0.1, 0.15) is 24.1 Å². The predicted molar refractivity (Wildman–Crippen MR) is 78.2 cm³/mol. The van der Waals surface area contributed by atoms with Gasteiger partial charge in [0.05, 0.1) is 12.5 Å². The van der Waals surface area contributed by atoms with Crippen molar-refractivity contribution in [2.24, 2.45) is 0 Å². The van der Waals surface area contributed by atoms with Gasteiger partial charge in [0.2, 0.25) is 5.91 Å². The van der Waals surface area contributed by atoms with Crippen molar-refractivity contribution in [3.63, 3.8) is 0 Å². The summed E-state index contributed by atoms with van der Waals surface area (Å²) in [6, 6.07) is 17.2. The van der Waals surface area contributed by atoms with Gasteiger partial charge in [0.25, 0.3) is 0 Å². The van der Waals surface area contributed by atoms with E-state index >= 15 is 0 Å². The summed E-state index contributed by atoms with van der Waals surface area (Å²) in [5.74, 6) is 0.0219. The summed E-state index contributed by atoms with van der Waals surface area (Å²) in [5, 5.41) is 3.68. The molecule has 0 aliphatic carbocycles. The number of amides is 1. The van der Waals surface area contributed by atoms with Crippen molar-refractivity contribution in [3.8, 4) is 0 Å². The normalized spacial score (nSPS) is 11.9. The van der Waals surface area contributed by atoms with E-state index in [0.29, 0.717) is 11.4 Å². The minimum Gasteiger partial charge on any atom is -0.349 e. The summed E-state index contributed by atoms with van der Waals surface area (Å²) in [6.07, 6.45) is 0.402. The highest BCUT2D eigenvalue weighted by molar-refractivity contribution is 6.30. The molecule has 1 amide bonds. The van der Waals surface area contributed by atoms with Gasteiger partial charge in [-0.05, 0) is 30.2 Å². The zero-order chi connectivity index (χ0) is 13.7. The van der Waals surface area contributed by atoms with E-state index in [1.165, 1.54) is 0 Å². The molecule has 0 unspecified atom stereocenters. The quantitative estimate of drug-likeness (QED) is 0.903. The van der Waals surface area contributed by atoms with Crippen LogP contribution in [0.25, 0.3) is 0 Å². The summed E-state index contributed by atoms with van der Waals surface area (Å²) in [7, 11) is 0. The van der Waals surface area contributed by atoms with Crippen LogP contribution < -0.4 is 5.32 Å². The lowest BCUT2D eigenvalue weighted by atomic mass is 10.1. The molecule has 0 spiro atoms. The fourth-order valence-corrected chi connectivity index (χ4v) is 2.03. The summed E-state index contributed by atoms with van der Waals surface area (Å²) < 4.78 is 0. The molecule has 1 atom stereocenters. The Morgan fingerprint density at radius 2 is 1.74 bits per heavy atom. The molecule has 19 heavy (non-hydrogen) atoms. The molecule has 3 heteroatoms. The van der Waals surface area contributed by atoms with E-state index in [9.17, 15) is 4.79 Å². The van der Waals surface area contributed by atoms with Crippen LogP contribution in [0.2, 0.25) is 5.02 Å². The van der Waals surface area contributed by atoms with Crippen LogP contribution in [-0.4, -0.2) is 5.91 Å². The molecule has 0 saturated carbocycles. The highest BCUT2D eigenvalue weighted by Crippen LogP contribution is 2.16. The van der Waals surface area contributed by atoms with Gasteiger partial charge in [-0.2, -0.15) is 0 Å². The maximum Gasteiger partial charge on any atom is 0.224 e. The fourth-order valence-electron chi connectivity index (χ4n) is 1.91. The lowest BCUT2D eigenvalue weighted by Gasteiger charge is -2.14. The molecule has 0 heterocycles. The Hall–Kier alpha value is -1.80. The Kier molecular flexibility index (Phi) is 4.58. The van der Waals surface area contributed by atoms with Crippen LogP contribution in [0.4, 0.5) is 0 Å². The number of halogens is 1. The highest BCUT2D eigenvalue weighted by Gasteiger charge is 2.09. The lowest BCUT2D eigenvalue weighted by molar-refractivity contribution is -0.121. The first kappa shape index (κ1) is 13.6. The summed E-state index contributed by atoms with van der Waals surface area (Å²) in [6.45, 7) is 1.96. The van der Waals surface area contributed by atoms with E-state index in [-0.39, 0.29) is 11.9 Å². The average Bonchev–Trinajstić information content (AvgIpc) is 2.40. The number of nitrogens with one attached hydrogen (secondary N) is 1. The lowest BCUT2D eigenvalue weighted by Crippen LogP contribution is -2.28. The second kappa shape index (κ2) is 6.39. The largest absolute Gasteiger partial charge is 0.349 e. The molecule has 0 aliphatic heterocycles. The molecule has 1 N–H and O–H groups in total. The van der Waals surface area contributed by atoms with Crippen LogP contribution in [0, 0.1) is 0 Å². The van der Waals surface area contributed by atoms with Gasteiger partial charge in [0.1, 0.15) is 0 Å². The first-order valence-corrected chi connectivity index (χ1v) is 6.61. The second-order valence-corrected chi connectivity index (χ2v) is 4.94. The number of rotatable bonds is 4. The topological polar surface area (TPSA) is 29.1 Å². The zero-order valence-corrected chi connectivity index (χ0v) is 11.5. The summed E-state index contributed by atoms with van der Waals surface area (Å²) in [4.78, 5) is 11.9. The molecule has 0 bridgehead atoms. The predicted octanol–water partition coefficient (Wildman–Crippen LogP) is 3.76. The van der Waals surface area contributed by atoms with E-state index in [1.807, 2.05) is 61.5 Å². The Morgan fingerprint density at radius 3 is 2.37 bits per heavy atom. The van der Waals surface area contributed by atoms with Gasteiger partial charge in [-0.3, -0.25) is 4.79 Å². The summed E-state index contributed by atoms with van der Waals surface area (Å²) in [5.41, 5.74) is 2.06. The molecule has 2 aromatic rings. The van der Waals surface area contributed by atoms with Crippen LogP contribution >= 0.6 is 11.6 Å². The molecule has 98 valence electrons. The monoisotopic (exact) mass is 273 g/mol. The average molecular weight is 274 g/mol. The molecule has 2 aromatic carbocycles. The molecular weight excluding hydrogens is 258 g/mol. The van der Waals surface area contributed by atoms with E-state index < -0.39 is 0 Å². The van der Waals surface area contributed by atoms with E-state index in [2.05, 4.69) is 5.32 Å². The van der Waals surface area contributed by atoms with Crippen molar-refractivity contribution in [2.45, 2.75) is 19.4 Å². The minimum absolute atomic E-state index is 0.0199. The van der Waals surface area contributed by atoms with Crippen molar-refractivity contribution in [2.75, 3.05) is 0 Å². The van der Waals surface area contributed by atoms with Gasteiger partial charge < -0.3 is 5.32 Å². The standard InChI is InChI=1S/C16H16ClNO/c1-12(14-7-9-15(17)10-8-14)18-16(19)11-13-5-3-2-4-6-13/h2-10,12H,11H2,1H3,(H,18,19)/t12-/m1/s1. The van der Waals surface area contributed by atoms with Gasteiger partial charge in [-0.1, -0.05) is 54.1 Å². The smallest absolute Gasteiger partial charge is 0.224 e. The van der Waals surface area contributed by atoms with E-state index in [4.69, 9.17) is 11.6 Å². The van der Waals surface area contributed by atoms with E-state index in [0.717, 1.165) is 11.1 Å².